The number of aliphatic hydroxyl groups excluding tert-OH is 2. The first-order valence-electron chi connectivity index (χ1n) is 9.06. The maximum atomic E-state index is 12.6. The number of aromatic nitrogens is 2. The minimum atomic E-state index is -3.53. The number of nitrogens with zero attached hydrogens (tertiary/aromatic N) is 3. The van der Waals surface area contributed by atoms with Gasteiger partial charge in [-0.25, -0.2) is 13.4 Å². The molecule has 12 heteroatoms. The van der Waals surface area contributed by atoms with Gasteiger partial charge in [0.05, 0.1) is 24.5 Å². The number of hydrogen-bond acceptors (Lipinski definition) is 9. The van der Waals surface area contributed by atoms with Gasteiger partial charge in [-0.2, -0.15) is 5.26 Å². The van der Waals surface area contributed by atoms with E-state index in [4.69, 9.17) is 5.26 Å². The molecule has 162 valence electrons. The van der Waals surface area contributed by atoms with E-state index in [0.29, 0.717) is 12.1 Å². The summed E-state index contributed by atoms with van der Waals surface area (Å²) in [4.78, 5) is 20.7. The van der Waals surface area contributed by atoms with Crippen LogP contribution in [0.4, 0.5) is 5.13 Å². The van der Waals surface area contributed by atoms with Crippen LogP contribution in [-0.4, -0.2) is 59.0 Å². The molecule has 0 aromatic carbocycles. The van der Waals surface area contributed by atoms with Crippen molar-refractivity contribution < 1.29 is 23.4 Å². The van der Waals surface area contributed by atoms with Gasteiger partial charge in [0.2, 0.25) is 10.0 Å². The van der Waals surface area contributed by atoms with Gasteiger partial charge in [0.15, 0.2) is 5.13 Å². The molecule has 1 amide bonds. The summed E-state index contributed by atoms with van der Waals surface area (Å²) in [6, 6.07) is 6.32. The molecule has 0 radical (unpaired) electrons. The Morgan fingerprint density at radius 3 is 2.77 bits per heavy atom. The number of carbonyl (C=O) groups excluding carboxylic acids is 1. The zero-order valence-electron chi connectivity index (χ0n) is 16.2. The summed E-state index contributed by atoms with van der Waals surface area (Å²) < 4.78 is 24.8. The maximum absolute atomic E-state index is 12.6. The normalized spacial score (nSPS) is 14.3. The lowest BCUT2D eigenvalue weighted by Gasteiger charge is -2.27. The molecule has 0 saturated heterocycles. The lowest BCUT2D eigenvalue weighted by molar-refractivity contribution is -0.00808. The summed E-state index contributed by atoms with van der Waals surface area (Å²) in [5.41, 5.74) is 0.576. The fourth-order valence-electron chi connectivity index (χ4n) is 2.66. The third-order valence-corrected chi connectivity index (χ3v) is 5.53. The summed E-state index contributed by atoms with van der Waals surface area (Å²) >= 11 is 0.947. The molecular formula is C18H23N5O5S2. The Balaban J connectivity index is 2.13. The second kappa shape index (κ2) is 11.0. The topological polar surface area (TPSA) is 165 Å². The predicted octanol–water partition coefficient (Wildman–Crippen LogP) is 0.666. The number of thiazole rings is 1. The number of aliphatic hydroxyl groups is 2. The Morgan fingerprint density at radius 2 is 2.13 bits per heavy atom. The summed E-state index contributed by atoms with van der Waals surface area (Å²) in [5.74, 6) is -0.628. The molecule has 10 nitrogen and oxygen atoms in total. The average molecular weight is 454 g/mol. The molecule has 3 unspecified atom stereocenters. The van der Waals surface area contributed by atoms with Crippen molar-refractivity contribution >= 4 is 32.4 Å². The minimum Gasteiger partial charge on any atom is -0.390 e. The van der Waals surface area contributed by atoms with Crippen molar-refractivity contribution in [3.63, 3.8) is 0 Å². The van der Waals surface area contributed by atoms with E-state index < -0.39 is 34.2 Å². The third kappa shape index (κ3) is 7.68. The van der Waals surface area contributed by atoms with Crippen molar-refractivity contribution in [3.05, 3.63) is 41.2 Å². The van der Waals surface area contributed by atoms with Crippen LogP contribution >= 0.6 is 11.3 Å². The molecule has 2 rings (SSSR count). The Bertz CT molecular complexity index is 974. The van der Waals surface area contributed by atoms with Crippen molar-refractivity contribution in [2.75, 3.05) is 11.0 Å². The first-order chi connectivity index (χ1) is 14.2. The van der Waals surface area contributed by atoms with Crippen LogP contribution in [0.15, 0.2) is 29.8 Å². The van der Waals surface area contributed by atoms with E-state index in [1.165, 1.54) is 5.38 Å². The maximum Gasteiger partial charge on any atom is 0.271 e. The summed E-state index contributed by atoms with van der Waals surface area (Å²) in [7, 11) is -3.53. The average Bonchev–Trinajstić information content (AvgIpc) is 3.14. The van der Waals surface area contributed by atoms with Crippen LogP contribution in [0.1, 0.15) is 35.4 Å². The van der Waals surface area contributed by atoms with Gasteiger partial charge in [-0.15, -0.1) is 11.3 Å². The zero-order chi connectivity index (χ0) is 22.1. The number of sulfonamides is 1. The fourth-order valence-corrected chi connectivity index (χ4v) is 4.20. The smallest absolute Gasteiger partial charge is 0.271 e. The number of rotatable bonds is 11. The zero-order valence-corrected chi connectivity index (χ0v) is 17.9. The third-order valence-electron chi connectivity index (χ3n) is 4.08. The number of amides is 1. The van der Waals surface area contributed by atoms with Crippen LogP contribution in [-0.2, 0) is 16.4 Å². The van der Waals surface area contributed by atoms with Gasteiger partial charge in [0.25, 0.3) is 5.91 Å². The summed E-state index contributed by atoms with van der Waals surface area (Å²) in [6.07, 6.45) is 1.10. The molecular weight excluding hydrogens is 430 g/mol. The highest BCUT2D eigenvalue weighted by molar-refractivity contribution is 7.92. The molecule has 2 heterocycles. The summed E-state index contributed by atoms with van der Waals surface area (Å²) in [6.45, 7) is 0. The molecule has 4 N–H and O–H groups in total. The SMILES string of the molecule is CS(=O)(=O)Nc1nc(C(=O)NC(Cc2ccccn2)C(O)C(O)CCCC#N)cs1. The quantitative estimate of drug-likeness (QED) is 0.360. The van der Waals surface area contributed by atoms with Crippen molar-refractivity contribution in [1.29, 1.82) is 5.26 Å². The van der Waals surface area contributed by atoms with Gasteiger partial charge in [0, 0.05) is 30.1 Å². The van der Waals surface area contributed by atoms with Gasteiger partial charge in [-0.3, -0.25) is 14.5 Å². The van der Waals surface area contributed by atoms with Crippen LogP contribution in [0, 0.1) is 11.3 Å². The van der Waals surface area contributed by atoms with E-state index in [0.717, 1.165) is 17.6 Å². The van der Waals surface area contributed by atoms with E-state index in [2.05, 4.69) is 20.0 Å². The largest absolute Gasteiger partial charge is 0.390 e. The molecule has 2 aromatic heterocycles. The van der Waals surface area contributed by atoms with Crippen LogP contribution in [0.5, 0.6) is 0 Å². The Labute approximate surface area is 178 Å². The highest BCUT2D eigenvalue weighted by Gasteiger charge is 2.29. The Morgan fingerprint density at radius 1 is 1.37 bits per heavy atom. The van der Waals surface area contributed by atoms with Gasteiger partial charge in [-0.1, -0.05) is 6.07 Å². The summed E-state index contributed by atoms with van der Waals surface area (Å²) in [5, 5.41) is 33.6. The Hall–Kier alpha value is -2.59. The number of hydrogen-bond donors (Lipinski definition) is 4. The number of unbranched alkanes of at least 4 members (excludes halogenated alkanes) is 1. The van der Waals surface area contributed by atoms with Gasteiger partial charge >= 0.3 is 0 Å². The van der Waals surface area contributed by atoms with Crippen molar-refractivity contribution in [2.45, 2.75) is 43.9 Å². The van der Waals surface area contributed by atoms with Crippen LogP contribution in [0.2, 0.25) is 0 Å². The second-order valence-electron chi connectivity index (χ2n) is 6.63. The van der Waals surface area contributed by atoms with Gasteiger partial charge in [-0.05, 0) is 25.0 Å². The van der Waals surface area contributed by atoms with E-state index in [1.807, 2.05) is 6.07 Å². The molecule has 0 saturated carbocycles. The number of pyridine rings is 1. The molecule has 0 aliphatic carbocycles. The number of nitrogens with one attached hydrogen (secondary N) is 2. The molecule has 0 spiro atoms. The van der Waals surface area contributed by atoms with Crippen molar-refractivity contribution in [1.82, 2.24) is 15.3 Å². The second-order valence-corrected chi connectivity index (χ2v) is 9.23. The number of anilines is 1. The fraction of sp³-hybridized carbons (Fsp3) is 0.444. The number of nitriles is 1. The lowest BCUT2D eigenvalue weighted by atomic mass is 9.97. The van der Waals surface area contributed by atoms with E-state index in [1.54, 1.807) is 24.4 Å². The Kier molecular flexibility index (Phi) is 8.67. The molecule has 0 aliphatic rings. The van der Waals surface area contributed by atoms with Crippen LogP contribution in [0.3, 0.4) is 0 Å². The van der Waals surface area contributed by atoms with Crippen molar-refractivity contribution in [3.8, 4) is 6.07 Å². The number of carbonyl (C=O) groups is 1. The van der Waals surface area contributed by atoms with Crippen LogP contribution < -0.4 is 10.0 Å². The molecule has 30 heavy (non-hydrogen) atoms. The highest BCUT2D eigenvalue weighted by Crippen LogP contribution is 2.18. The van der Waals surface area contributed by atoms with Gasteiger partial charge in [0.1, 0.15) is 11.8 Å². The van der Waals surface area contributed by atoms with E-state index in [9.17, 15) is 23.4 Å². The molecule has 2 aromatic rings. The monoisotopic (exact) mass is 453 g/mol. The molecule has 0 fully saturated rings. The molecule has 3 atom stereocenters. The standard InChI is InChI=1S/C18H23N5O5S2/c1-30(27,28)23-18-22-14(11-29-18)17(26)21-13(10-12-6-3-5-9-20-12)16(25)15(24)7-2-4-8-19/h3,5-6,9,11,13,15-16,24-25H,2,4,7,10H2,1H3,(H,21,26)(H,22,23). The van der Waals surface area contributed by atoms with E-state index in [-0.39, 0.29) is 30.1 Å². The first-order valence-corrected chi connectivity index (χ1v) is 11.8. The van der Waals surface area contributed by atoms with Crippen LogP contribution in [0.25, 0.3) is 0 Å². The van der Waals surface area contributed by atoms with Crippen molar-refractivity contribution in [2.24, 2.45) is 0 Å². The predicted molar refractivity (Wildman–Crippen MR) is 111 cm³/mol. The van der Waals surface area contributed by atoms with E-state index >= 15 is 0 Å². The lowest BCUT2D eigenvalue weighted by Crippen LogP contribution is -2.50. The highest BCUT2D eigenvalue weighted by atomic mass is 32.2. The van der Waals surface area contributed by atoms with Gasteiger partial charge < -0.3 is 15.5 Å². The first kappa shape index (κ1) is 23.7. The molecule has 0 aliphatic heterocycles. The minimum absolute atomic E-state index is 0.0247. The molecule has 0 bridgehead atoms.